The maximum atomic E-state index is 10.8. The molecule has 17 heavy (non-hydrogen) atoms. The molecule has 0 atom stereocenters. The highest BCUT2D eigenvalue weighted by Crippen LogP contribution is 2.23. The van der Waals surface area contributed by atoms with Gasteiger partial charge in [0.15, 0.2) is 0 Å². The Morgan fingerprint density at radius 2 is 2.18 bits per heavy atom. The van der Waals surface area contributed by atoms with E-state index >= 15 is 0 Å². The minimum Gasteiger partial charge on any atom is -0.388 e. The van der Waals surface area contributed by atoms with Crippen molar-refractivity contribution in [3.8, 4) is 5.69 Å². The van der Waals surface area contributed by atoms with Gasteiger partial charge in [-0.2, -0.15) is 5.10 Å². The van der Waals surface area contributed by atoms with Gasteiger partial charge in [-0.05, 0) is 18.6 Å². The number of aromatic nitrogens is 2. The smallest absolute Gasteiger partial charge is 0.273 e. The molecule has 88 valence electrons. The molecule has 0 amide bonds. The van der Waals surface area contributed by atoms with Gasteiger partial charge in [0.25, 0.3) is 5.69 Å². The van der Waals surface area contributed by atoms with E-state index in [1.54, 1.807) is 24.0 Å². The fraction of sp³-hybridized carbons (Fsp3) is 0.182. The van der Waals surface area contributed by atoms with Crippen LogP contribution in [0.4, 0.5) is 11.4 Å². The Labute approximate surface area is 98.0 Å². The molecule has 0 bridgehead atoms. The zero-order valence-electron chi connectivity index (χ0n) is 9.54. The lowest BCUT2D eigenvalue weighted by molar-refractivity contribution is -0.384. The number of nitrogens with one attached hydrogen (secondary N) is 1. The molecule has 1 N–H and O–H groups in total. The number of nitro groups is 1. The highest BCUT2D eigenvalue weighted by atomic mass is 16.6. The Kier molecular flexibility index (Phi) is 2.78. The first kappa shape index (κ1) is 11.1. The van der Waals surface area contributed by atoms with Crippen LogP contribution >= 0.6 is 0 Å². The number of hydrogen-bond donors (Lipinski definition) is 1. The summed E-state index contributed by atoms with van der Waals surface area (Å²) < 4.78 is 1.61. The Bertz CT molecular complexity index is 562. The monoisotopic (exact) mass is 232 g/mol. The van der Waals surface area contributed by atoms with Crippen LogP contribution in [-0.2, 0) is 0 Å². The molecule has 2 rings (SSSR count). The van der Waals surface area contributed by atoms with Crippen LogP contribution in [0.5, 0.6) is 0 Å². The van der Waals surface area contributed by atoms with Crippen LogP contribution in [0.25, 0.3) is 5.69 Å². The van der Waals surface area contributed by atoms with E-state index in [1.807, 2.05) is 13.1 Å². The first-order valence-corrected chi connectivity index (χ1v) is 5.09. The molecule has 6 heteroatoms. The van der Waals surface area contributed by atoms with Crippen LogP contribution < -0.4 is 5.32 Å². The van der Waals surface area contributed by atoms with Gasteiger partial charge in [0.1, 0.15) is 0 Å². The summed E-state index contributed by atoms with van der Waals surface area (Å²) in [6.07, 6.45) is 3.52. The van der Waals surface area contributed by atoms with Crippen molar-refractivity contribution in [3.63, 3.8) is 0 Å². The number of nitro benzene ring substituents is 1. The van der Waals surface area contributed by atoms with Crippen LogP contribution in [0, 0.1) is 17.0 Å². The van der Waals surface area contributed by atoms with E-state index in [1.165, 1.54) is 12.1 Å². The maximum Gasteiger partial charge on any atom is 0.273 e. The average Bonchev–Trinajstić information content (AvgIpc) is 2.75. The molecule has 0 spiro atoms. The fourth-order valence-electron chi connectivity index (χ4n) is 1.53. The zero-order valence-corrected chi connectivity index (χ0v) is 9.54. The van der Waals surface area contributed by atoms with Crippen molar-refractivity contribution in [2.75, 3.05) is 12.4 Å². The molecule has 0 saturated heterocycles. The highest BCUT2D eigenvalue weighted by molar-refractivity contribution is 5.58. The Morgan fingerprint density at radius 3 is 2.71 bits per heavy atom. The molecular formula is C11H12N4O2. The summed E-state index contributed by atoms with van der Waals surface area (Å²) in [6, 6.07) is 4.78. The standard InChI is InChI=1S/C11H12N4O2/c1-8-6-13-14(7-8)10-3-9(12-2)4-11(5-10)15(16)17/h3-7,12H,1-2H3. The number of nitrogens with zero attached hydrogens (tertiary/aromatic N) is 3. The summed E-state index contributed by atoms with van der Waals surface area (Å²) in [4.78, 5) is 10.4. The lowest BCUT2D eigenvalue weighted by Crippen LogP contribution is -1.99. The van der Waals surface area contributed by atoms with Gasteiger partial charge in [-0.25, -0.2) is 4.68 Å². The Hall–Kier alpha value is -2.37. The highest BCUT2D eigenvalue weighted by Gasteiger charge is 2.10. The topological polar surface area (TPSA) is 73.0 Å². The predicted octanol–water partition coefficient (Wildman–Crippen LogP) is 2.13. The van der Waals surface area contributed by atoms with E-state index < -0.39 is 4.92 Å². The summed E-state index contributed by atoms with van der Waals surface area (Å²) in [7, 11) is 1.72. The minimum atomic E-state index is -0.416. The van der Waals surface area contributed by atoms with Crippen LogP contribution in [-0.4, -0.2) is 21.8 Å². The fourth-order valence-corrected chi connectivity index (χ4v) is 1.53. The van der Waals surface area contributed by atoms with Gasteiger partial charge in [-0.15, -0.1) is 0 Å². The van der Waals surface area contributed by atoms with Crippen molar-refractivity contribution < 1.29 is 4.92 Å². The molecule has 0 aliphatic heterocycles. The zero-order chi connectivity index (χ0) is 12.4. The molecule has 0 fully saturated rings. The second kappa shape index (κ2) is 4.25. The quantitative estimate of drug-likeness (QED) is 0.649. The van der Waals surface area contributed by atoms with Crippen LogP contribution in [0.15, 0.2) is 30.6 Å². The second-order valence-corrected chi connectivity index (χ2v) is 3.71. The third-order valence-electron chi connectivity index (χ3n) is 2.38. The molecule has 0 aliphatic carbocycles. The Balaban J connectivity index is 2.53. The van der Waals surface area contributed by atoms with Crippen molar-refractivity contribution in [1.82, 2.24) is 9.78 Å². The molecule has 1 heterocycles. The van der Waals surface area contributed by atoms with Crippen molar-refractivity contribution in [1.29, 1.82) is 0 Å². The van der Waals surface area contributed by atoms with Gasteiger partial charge in [0, 0.05) is 31.1 Å². The summed E-state index contributed by atoms with van der Waals surface area (Å²) in [5.41, 5.74) is 2.39. The van der Waals surface area contributed by atoms with Gasteiger partial charge >= 0.3 is 0 Å². The van der Waals surface area contributed by atoms with E-state index in [2.05, 4.69) is 10.4 Å². The SMILES string of the molecule is CNc1cc(-n2cc(C)cn2)cc([N+](=O)[O-])c1. The number of rotatable bonds is 3. The molecule has 0 radical (unpaired) electrons. The molecule has 2 aromatic rings. The third kappa shape index (κ3) is 2.25. The lowest BCUT2D eigenvalue weighted by Gasteiger charge is -2.05. The van der Waals surface area contributed by atoms with Crippen molar-refractivity contribution >= 4 is 11.4 Å². The molecule has 1 aromatic carbocycles. The van der Waals surface area contributed by atoms with Gasteiger partial charge in [0.05, 0.1) is 16.8 Å². The molecule has 0 aliphatic rings. The van der Waals surface area contributed by atoms with E-state index in [9.17, 15) is 10.1 Å². The molecule has 6 nitrogen and oxygen atoms in total. The largest absolute Gasteiger partial charge is 0.388 e. The van der Waals surface area contributed by atoms with Gasteiger partial charge in [-0.3, -0.25) is 10.1 Å². The average molecular weight is 232 g/mol. The Morgan fingerprint density at radius 1 is 1.41 bits per heavy atom. The second-order valence-electron chi connectivity index (χ2n) is 3.71. The van der Waals surface area contributed by atoms with Gasteiger partial charge in [-0.1, -0.05) is 0 Å². The van der Waals surface area contributed by atoms with E-state index in [-0.39, 0.29) is 5.69 Å². The van der Waals surface area contributed by atoms with E-state index in [0.29, 0.717) is 11.4 Å². The van der Waals surface area contributed by atoms with Crippen molar-refractivity contribution in [2.45, 2.75) is 6.92 Å². The van der Waals surface area contributed by atoms with Crippen molar-refractivity contribution in [3.05, 3.63) is 46.3 Å². The van der Waals surface area contributed by atoms with Crippen molar-refractivity contribution in [2.24, 2.45) is 0 Å². The first-order valence-electron chi connectivity index (χ1n) is 5.09. The molecular weight excluding hydrogens is 220 g/mol. The normalized spacial score (nSPS) is 10.2. The summed E-state index contributed by atoms with van der Waals surface area (Å²) in [5, 5.41) is 17.8. The molecule has 0 unspecified atom stereocenters. The maximum absolute atomic E-state index is 10.8. The van der Waals surface area contributed by atoms with Crippen LogP contribution in [0.2, 0.25) is 0 Å². The number of hydrogen-bond acceptors (Lipinski definition) is 4. The third-order valence-corrected chi connectivity index (χ3v) is 2.38. The number of anilines is 1. The summed E-state index contributed by atoms with van der Waals surface area (Å²) >= 11 is 0. The first-order chi connectivity index (χ1) is 8.10. The van der Waals surface area contributed by atoms with Crippen LogP contribution in [0.1, 0.15) is 5.56 Å². The number of benzene rings is 1. The lowest BCUT2D eigenvalue weighted by atomic mass is 10.2. The molecule has 1 aromatic heterocycles. The van der Waals surface area contributed by atoms with Gasteiger partial charge in [0.2, 0.25) is 0 Å². The van der Waals surface area contributed by atoms with Gasteiger partial charge < -0.3 is 5.32 Å². The molecule has 0 saturated carbocycles. The minimum absolute atomic E-state index is 0.0417. The predicted molar refractivity (Wildman–Crippen MR) is 64.5 cm³/mol. The number of non-ortho nitro benzene ring substituents is 1. The van der Waals surface area contributed by atoms with E-state index in [4.69, 9.17) is 0 Å². The van der Waals surface area contributed by atoms with E-state index in [0.717, 1.165) is 5.56 Å². The summed E-state index contributed by atoms with van der Waals surface area (Å²) in [5.74, 6) is 0. The number of aryl methyl sites for hydroxylation is 1. The summed E-state index contributed by atoms with van der Waals surface area (Å²) in [6.45, 7) is 1.92. The van der Waals surface area contributed by atoms with Crippen LogP contribution in [0.3, 0.4) is 0 Å².